The summed E-state index contributed by atoms with van der Waals surface area (Å²) in [7, 11) is 0. The Labute approximate surface area is 122 Å². The molecule has 2 N–H and O–H groups in total. The summed E-state index contributed by atoms with van der Waals surface area (Å²) in [5.41, 5.74) is -0.781. The second-order valence-corrected chi connectivity index (χ2v) is 7.41. The van der Waals surface area contributed by atoms with E-state index in [0.29, 0.717) is 6.42 Å². The molecule has 1 unspecified atom stereocenters. The third kappa shape index (κ3) is 9.33. The number of carboxylic acids is 1. The molecule has 3 nitrogen and oxygen atoms in total. The van der Waals surface area contributed by atoms with Crippen LogP contribution in [0.2, 0.25) is 0 Å². The van der Waals surface area contributed by atoms with Crippen LogP contribution in [-0.2, 0) is 4.79 Å². The van der Waals surface area contributed by atoms with Crippen molar-refractivity contribution in [3.63, 3.8) is 0 Å². The number of hydrogen-bond acceptors (Lipinski definition) is 3. The minimum atomic E-state index is -0.781. The predicted octanol–water partition coefficient (Wildman–Crippen LogP) is 3.78. The average molecular weight is 289 g/mol. The van der Waals surface area contributed by atoms with E-state index in [-0.39, 0.29) is 6.04 Å². The van der Waals surface area contributed by atoms with Crippen LogP contribution in [0.1, 0.15) is 60.3 Å². The van der Waals surface area contributed by atoms with Crippen LogP contribution >= 0.6 is 11.8 Å². The molecule has 0 aromatic rings. The molecule has 0 saturated carbocycles. The fourth-order valence-electron chi connectivity index (χ4n) is 1.98. The number of rotatable bonds is 11. The van der Waals surface area contributed by atoms with Crippen LogP contribution in [0, 0.1) is 5.92 Å². The van der Waals surface area contributed by atoms with Gasteiger partial charge < -0.3 is 5.11 Å². The first kappa shape index (κ1) is 18.8. The van der Waals surface area contributed by atoms with Gasteiger partial charge in [0.2, 0.25) is 0 Å². The summed E-state index contributed by atoms with van der Waals surface area (Å²) in [4.78, 5) is 11.3. The third-order valence-corrected chi connectivity index (χ3v) is 4.24. The summed E-state index contributed by atoms with van der Waals surface area (Å²) in [6.07, 6.45) is 4.04. The number of hydrogen-bond donors (Lipinski definition) is 2. The summed E-state index contributed by atoms with van der Waals surface area (Å²) in [5, 5.41) is 12.5. The van der Waals surface area contributed by atoms with Gasteiger partial charge in [-0.3, -0.25) is 10.1 Å². The Kier molecular flexibility index (Phi) is 9.54. The first-order chi connectivity index (χ1) is 8.78. The van der Waals surface area contributed by atoms with Crippen molar-refractivity contribution in [2.45, 2.75) is 71.9 Å². The molecule has 0 aliphatic rings. The molecule has 0 aliphatic heterocycles. The molecule has 0 amide bonds. The first-order valence-corrected chi connectivity index (χ1v) is 8.52. The summed E-state index contributed by atoms with van der Waals surface area (Å²) in [5.74, 6) is 2.40. The molecule has 0 heterocycles. The lowest BCUT2D eigenvalue weighted by Gasteiger charge is -2.28. The molecule has 0 radical (unpaired) electrons. The third-order valence-electron chi connectivity index (χ3n) is 3.13. The maximum atomic E-state index is 11.3. The monoisotopic (exact) mass is 289 g/mol. The van der Waals surface area contributed by atoms with Gasteiger partial charge in [-0.2, -0.15) is 11.8 Å². The average Bonchev–Trinajstić information content (AvgIpc) is 2.26. The standard InChI is InChI=1S/C15H31NO2S/c1-12(2)8-11-19-10-7-6-9-15(5,14(17)18)16-13(3)4/h12-13,16H,6-11H2,1-5H3,(H,17,18). The van der Waals surface area contributed by atoms with Crippen LogP contribution in [0.15, 0.2) is 0 Å². The van der Waals surface area contributed by atoms with E-state index in [9.17, 15) is 9.90 Å². The zero-order valence-corrected chi connectivity index (χ0v) is 14.0. The second-order valence-electron chi connectivity index (χ2n) is 6.19. The molecule has 0 spiro atoms. The van der Waals surface area contributed by atoms with Crippen LogP contribution < -0.4 is 5.32 Å². The van der Waals surface area contributed by atoms with E-state index in [1.165, 1.54) is 12.2 Å². The SMILES string of the molecule is CC(C)CCSCCCCC(C)(NC(C)C)C(=O)O. The zero-order valence-electron chi connectivity index (χ0n) is 13.2. The van der Waals surface area contributed by atoms with E-state index in [2.05, 4.69) is 19.2 Å². The summed E-state index contributed by atoms with van der Waals surface area (Å²) < 4.78 is 0. The number of carboxylic acid groups (broad SMARTS) is 1. The highest BCUT2D eigenvalue weighted by atomic mass is 32.2. The van der Waals surface area contributed by atoms with Crippen molar-refractivity contribution in [2.75, 3.05) is 11.5 Å². The highest BCUT2D eigenvalue weighted by Crippen LogP contribution is 2.17. The minimum absolute atomic E-state index is 0.196. The molecule has 0 bridgehead atoms. The molecule has 114 valence electrons. The normalized spacial score (nSPS) is 14.9. The van der Waals surface area contributed by atoms with E-state index >= 15 is 0 Å². The minimum Gasteiger partial charge on any atom is -0.480 e. The Morgan fingerprint density at radius 3 is 2.32 bits per heavy atom. The molecular weight excluding hydrogens is 258 g/mol. The van der Waals surface area contributed by atoms with Crippen LogP contribution in [0.25, 0.3) is 0 Å². The summed E-state index contributed by atoms with van der Waals surface area (Å²) >= 11 is 1.99. The van der Waals surface area contributed by atoms with Crippen LogP contribution in [-0.4, -0.2) is 34.2 Å². The highest BCUT2D eigenvalue weighted by Gasteiger charge is 2.32. The maximum absolute atomic E-state index is 11.3. The van der Waals surface area contributed by atoms with Crippen molar-refractivity contribution in [1.82, 2.24) is 5.32 Å². The zero-order chi connectivity index (χ0) is 14.9. The number of carbonyl (C=O) groups is 1. The van der Waals surface area contributed by atoms with Gasteiger partial charge in [-0.05, 0) is 57.5 Å². The lowest BCUT2D eigenvalue weighted by Crippen LogP contribution is -2.52. The Hall–Kier alpha value is -0.220. The van der Waals surface area contributed by atoms with Crippen molar-refractivity contribution in [2.24, 2.45) is 5.92 Å². The van der Waals surface area contributed by atoms with E-state index in [1.54, 1.807) is 6.92 Å². The first-order valence-electron chi connectivity index (χ1n) is 7.36. The van der Waals surface area contributed by atoms with Gasteiger partial charge >= 0.3 is 5.97 Å². The highest BCUT2D eigenvalue weighted by molar-refractivity contribution is 7.99. The maximum Gasteiger partial charge on any atom is 0.323 e. The predicted molar refractivity (Wildman–Crippen MR) is 84.9 cm³/mol. The fourth-order valence-corrected chi connectivity index (χ4v) is 3.23. The number of aliphatic carboxylic acids is 1. The van der Waals surface area contributed by atoms with E-state index in [0.717, 1.165) is 24.5 Å². The smallest absolute Gasteiger partial charge is 0.323 e. The molecular formula is C15H31NO2S. The van der Waals surface area contributed by atoms with E-state index < -0.39 is 11.5 Å². The molecule has 0 fully saturated rings. The molecule has 4 heteroatoms. The number of nitrogens with one attached hydrogen (secondary N) is 1. The van der Waals surface area contributed by atoms with E-state index in [4.69, 9.17) is 0 Å². The summed E-state index contributed by atoms with van der Waals surface area (Å²) in [6.45, 7) is 10.3. The molecule has 0 aliphatic carbocycles. The van der Waals surface area contributed by atoms with Crippen molar-refractivity contribution < 1.29 is 9.90 Å². The molecule has 0 rings (SSSR count). The lowest BCUT2D eigenvalue weighted by molar-refractivity contribution is -0.144. The molecule has 0 aromatic heterocycles. The van der Waals surface area contributed by atoms with Gasteiger partial charge in [0, 0.05) is 6.04 Å². The number of unbranched alkanes of at least 4 members (excludes halogenated alkanes) is 1. The van der Waals surface area contributed by atoms with Gasteiger partial charge in [-0.25, -0.2) is 0 Å². The Morgan fingerprint density at radius 2 is 1.84 bits per heavy atom. The van der Waals surface area contributed by atoms with Gasteiger partial charge in [-0.1, -0.05) is 20.3 Å². The quantitative estimate of drug-likeness (QED) is 0.568. The number of thioether (sulfide) groups is 1. The van der Waals surface area contributed by atoms with Crippen molar-refractivity contribution >= 4 is 17.7 Å². The lowest BCUT2D eigenvalue weighted by atomic mass is 9.94. The molecule has 0 saturated heterocycles. The van der Waals surface area contributed by atoms with Crippen molar-refractivity contribution in [1.29, 1.82) is 0 Å². The van der Waals surface area contributed by atoms with Gasteiger partial charge in [0.25, 0.3) is 0 Å². The van der Waals surface area contributed by atoms with Gasteiger partial charge in [0.15, 0.2) is 0 Å². The van der Waals surface area contributed by atoms with Crippen LogP contribution in [0.4, 0.5) is 0 Å². The van der Waals surface area contributed by atoms with Crippen LogP contribution in [0.5, 0.6) is 0 Å². The Balaban J connectivity index is 3.80. The van der Waals surface area contributed by atoms with E-state index in [1.807, 2.05) is 25.6 Å². The van der Waals surface area contributed by atoms with Crippen LogP contribution in [0.3, 0.4) is 0 Å². The summed E-state index contributed by atoms with van der Waals surface area (Å²) in [6, 6.07) is 0.196. The van der Waals surface area contributed by atoms with Gasteiger partial charge in [-0.15, -0.1) is 0 Å². The van der Waals surface area contributed by atoms with Gasteiger partial charge in [0.1, 0.15) is 5.54 Å². The fraction of sp³-hybridized carbons (Fsp3) is 0.933. The molecule has 1 atom stereocenters. The second kappa shape index (κ2) is 9.65. The Morgan fingerprint density at radius 1 is 1.21 bits per heavy atom. The van der Waals surface area contributed by atoms with Gasteiger partial charge in [0.05, 0.1) is 0 Å². The molecule has 0 aromatic carbocycles. The van der Waals surface area contributed by atoms with Crippen molar-refractivity contribution in [3.8, 4) is 0 Å². The largest absolute Gasteiger partial charge is 0.480 e. The molecule has 19 heavy (non-hydrogen) atoms. The topological polar surface area (TPSA) is 49.3 Å². The van der Waals surface area contributed by atoms with Crippen molar-refractivity contribution in [3.05, 3.63) is 0 Å². The Bertz CT molecular complexity index is 257.